The van der Waals surface area contributed by atoms with Crippen molar-refractivity contribution in [2.45, 2.75) is 6.92 Å². The van der Waals surface area contributed by atoms with E-state index in [2.05, 4.69) is 5.32 Å². The summed E-state index contributed by atoms with van der Waals surface area (Å²) in [5.41, 5.74) is 2.04. The van der Waals surface area contributed by atoms with Gasteiger partial charge in [0.25, 0.3) is 11.6 Å². The van der Waals surface area contributed by atoms with E-state index in [1.165, 1.54) is 42.5 Å². The number of hydrogen-bond donors (Lipinski definition) is 1. The molecule has 0 spiro atoms. The average Bonchev–Trinajstić information content (AvgIpc) is 2.70. The first kappa shape index (κ1) is 18.8. The number of aryl methyl sites for hydroxylation is 1. The number of nitrogens with zero attached hydrogens (tertiary/aromatic N) is 1. The molecule has 1 N–H and O–H groups in total. The molecule has 3 aromatic carbocycles. The smallest absolute Gasteiger partial charge is 0.343 e. The first-order valence-corrected chi connectivity index (χ1v) is 8.37. The Kier molecular flexibility index (Phi) is 5.45. The van der Waals surface area contributed by atoms with Crippen LogP contribution in [0.25, 0.3) is 0 Å². The van der Waals surface area contributed by atoms with E-state index in [0.29, 0.717) is 11.3 Å². The SMILES string of the molecule is Cc1ccc(NC(=O)c2ccc(OC(=O)c3cccc([N+](=O)[O-])c3)cc2)cc1. The molecule has 0 aliphatic rings. The highest BCUT2D eigenvalue weighted by atomic mass is 16.6. The van der Waals surface area contributed by atoms with Crippen molar-refractivity contribution >= 4 is 23.3 Å². The van der Waals surface area contributed by atoms with Gasteiger partial charge in [-0.3, -0.25) is 14.9 Å². The van der Waals surface area contributed by atoms with Crippen molar-refractivity contribution in [2.75, 3.05) is 5.32 Å². The molecule has 7 nitrogen and oxygen atoms in total. The Hall–Kier alpha value is -4.00. The molecule has 3 aromatic rings. The lowest BCUT2D eigenvalue weighted by molar-refractivity contribution is -0.384. The number of nitrogens with one attached hydrogen (secondary N) is 1. The summed E-state index contributed by atoms with van der Waals surface area (Å²) in [6, 6.07) is 18.7. The summed E-state index contributed by atoms with van der Waals surface area (Å²) in [5, 5.41) is 13.6. The maximum Gasteiger partial charge on any atom is 0.343 e. The Balaban J connectivity index is 1.66. The molecule has 0 bridgehead atoms. The monoisotopic (exact) mass is 376 g/mol. The van der Waals surface area contributed by atoms with Gasteiger partial charge < -0.3 is 10.1 Å². The van der Waals surface area contributed by atoms with Crippen LogP contribution in [0.2, 0.25) is 0 Å². The van der Waals surface area contributed by atoms with Gasteiger partial charge in [-0.15, -0.1) is 0 Å². The van der Waals surface area contributed by atoms with Crippen LogP contribution in [0, 0.1) is 17.0 Å². The molecule has 0 aliphatic carbocycles. The summed E-state index contributed by atoms with van der Waals surface area (Å²) in [5.74, 6) is -0.788. The first-order valence-electron chi connectivity index (χ1n) is 8.37. The van der Waals surface area contributed by atoms with Crippen LogP contribution in [-0.2, 0) is 0 Å². The van der Waals surface area contributed by atoms with E-state index < -0.39 is 10.9 Å². The number of amides is 1. The number of nitro groups is 1. The zero-order chi connectivity index (χ0) is 20.1. The lowest BCUT2D eigenvalue weighted by Crippen LogP contribution is -2.12. The van der Waals surface area contributed by atoms with Crippen LogP contribution in [-0.4, -0.2) is 16.8 Å². The minimum atomic E-state index is -0.722. The van der Waals surface area contributed by atoms with E-state index in [4.69, 9.17) is 4.74 Å². The van der Waals surface area contributed by atoms with Crippen molar-refractivity contribution in [3.05, 3.63) is 99.6 Å². The van der Waals surface area contributed by atoms with Crippen LogP contribution in [0.1, 0.15) is 26.3 Å². The topological polar surface area (TPSA) is 98.5 Å². The van der Waals surface area contributed by atoms with E-state index in [1.54, 1.807) is 0 Å². The maximum atomic E-state index is 12.3. The molecule has 0 aromatic heterocycles. The number of esters is 1. The molecule has 28 heavy (non-hydrogen) atoms. The third-order valence-corrected chi connectivity index (χ3v) is 3.93. The number of anilines is 1. The average molecular weight is 376 g/mol. The highest BCUT2D eigenvalue weighted by Crippen LogP contribution is 2.18. The zero-order valence-corrected chi connectivity index (χ0v) is 14.9. The van der Waals surface area contributed by atoms with Crippen LogP contribution in [0.4, 0.5) is 11.4 Å². The third kappa shape index (κ3) is 4.59. The molecule has 3 rings (SSSR count). The third-order valence-electron chi connectivity index (χ3n) is 3.93. The van der Waals surface area contributed by atoms with Gasteiger partial charge in [0.1, 0.15) is 5.75 Å². The Morgan fingerprint density at radius 2 is 1.61 bits per heavy atom. The Bertz CT molecular complexity index is 1030. The van der Waals surface area contributed by atoms with Crippen molar-refractivity contribution in [2.24, 2.45) is 0 Å². The number of carbonyl (C=O) groups is 2. The van der Waals surface area contributed by atoms with Crippen molar-refractivity contribution in [1.82, 2.24) is 0 Å². The van der Waals surface area contributed by atoms with E-state index in [1.807, 2.05) is 31.2 Å². The molecule has 7 heteroatoms. The molecule has 0 saturated heterocycles. The fourth-order valence-corrected chi connectivity index (χ4v) is 2.43. The molecule has 140 valence electrons. The van der Waals surface area contributed by atoms with Gasteiger partial charge in [0.05, 0.1) is 10.5 Å². The summed E-state index contributed by atoms with van der Waals surface area (Å²) >= 11 is 0. The molecule has 0 fully saturated rings. The predicted molar refractivity (Wildman–Crippen MR) is 104 cm³/mol. The van der Waals surface area contributed by atoms with Gasteiger partial charge >= 0.3 is 5.97 Å². The van der Waals surface area contributed by atoms with E-state index in [-0.39, 0.29) is 22.9 Å². The molecule has 0 atom stereocenters. The van der Waals surface area contributed by atoms with Crippen LogP contribution in [0.5, 0.6) is 5.75 Å². The number of hydrogen-bond acceptors (Lipinski definition) is 5. The molecule has 0 heterocycles. The zero-order valence-electron chi connectivity index (χ0n) is 14.9. The van der Waals surface area contributed by atoms with E-state index in [9.17, 15) is 19.7 Å². The number of rotatable bonds is 5. The second kappa shape index (κ2) is 8.13. The number of carbonyl (C=O) groups excluding carboxylic acids is 2. The minimum Gasteiger partial charge on any atom is -0.423 e. The van der Waals surface area contributed by atoms with Gasteiger partial charge in [0.2, 0.25) is 0 Å². The van der Waals surface area contributed by atoms with Crippen molar-refractivity contribution in [3.8, 4) is 5.75 Å². The molecular weight excluding hydrogens is 360 g/mol. The lowest BCUT2D eigenvalue weighted by Gasteiger charge is -2.07. The minimum absolute atomic E-state index is 0.0652. The molecule has 0 radical (unpaired) electrons. The summed E-state index contributed by atoms with van der Waals surface area (Å²) in [6.07, 6.45) is 0. The summed E-state index contributed by atoms with van der Waals surface area (Å²) < 4.78 is 5.21. The fourth-order valence-electron chi connectivity index (χ4n) is 2.43. The Labute approximate surface area is 160 Å². The Morgan fingerprint density at radius 1 is 0.929 bits per heavy atom. The van der Waals surface area contributed by atoms with Crippen molar-refractivity contribution < 1.29 is 19.2 Å². The number of non-ortho nitro benzene ring substituents is 1. The number of ether oxygens (including phenoxy) is 1. The molecule has 0 unspecified atom stereocenters. The van der Waals surface area contributed by atoms with Gasteiger partial charge in [0.15, 0.2) is 0 Å². The standard InChI is InChI=1S/C21H16N2O5/c1-14-5-9-17(10-6-14)22-20(24)15-7-11-19(12-8-15)28-21(25)16-3-2-4-18(13-16)23(26)27/h2-13H,1H3,(H,22,24). The van der Waals surface area contributed by atoms with Gasteiger partial charge in [-0.2, -0.15) is 0 Å². The van der Waals surface area contributed by atoms with Gasteiger partial charge in [-0.25, -0.2) is 4.79 Å². The quantitative estimate of drug-likeness (QED) is 0.308. The number of benzene rings is 3. The highest BCUT2D eigenvalue weighted by molar-refractivity contribution is 6.04. The number of nitro benzene ring substituents is 1. The second-order valence-corrected chi connectivity index (χ2v) is 6.04. The molecule has 1 amide bonds. The maximum absolute atomic E-state index is 12.3. The van der Waals surface area contributed by atoms with Crippen LogP contribution < -0.4 is 10.1 Å². The predicted octanol–water partition coefficient (Wildman–Crippen LogP) is 4.37. The van der Waals surface area contributed by atoms with Gasteiger partial charge in [-0.05, 0) is 49.4 Å². The van der Waals surface area contributed by atoms with Crippen molar-refractivity contribution in [3.63, 3.8) is 0 Å². The van der Waals surface area contributed by atoms with Crippen molar-refractivity contribution in [1.29, 1.82) is 0 Å². The lowest BCUT2D eigenvalue weighted by atomic mass is 10.2. The van der Waals surface area contributed by atoms with Crippen LogP contribution in [0.3, 0.4) is 0 Å². The molecular formula is C21H16N2O5. The van der Waals surface area contributed by atoms with Gasteiger partial charge in [0, 0.05) is 23.4 Å². The van der Waals surface area contributed by atoms with E-state index in [0.717, 1.165) is 11.6 Å². The first-order chi connectivity index (χ1) is 13.4. The van der Waals surface area contributed by atoms with E-state index >= 15 is 0 Å². The summed E-state index contributed by atoms with van der Waals surface area (Å²) in [7, 11) is 0. The molecule has 0 aliphatic heterocycles. The second-order valence-electron chi connectivity index (χ2n) is 6.04. The Morgan fingerprint density at radius 3 is 2.25 bits per heavy atom. The van der Waals surface area contributed by atoms with Crippen LogP contribution in [0.15, 0.2) is 72.8 Å². The highest BCUT2D eigenvalue weighted by Gasteiger charge is 2.14. The van der Waals surface area contributed by atoms with Gasteiger partial charge in [-0.1, -0.05) is 23.8 Å². The van der Waals surface area contributed by atoms with Crippen LogP contribution >= 0.6 is 0 Å². The molecule has 0 saturated carbocycles. The largest absolute Gasteiger partial charge is 0.423 e. The normalized spacial score (nSPS) is 10.2. The fraction of sp³-hybridized carbons (Fsp3) is 0.0476. The summed E-state index contributed by atoms with van der Waals surface area (Å²) in [6.45, 7) is 1.96. The summed E-state index contributed by atoms with van der Waals surface area (Å²) in [4.78, 5) is 34.6.